The number of hydrogen-bond donors (Lipinski definition) is 0. The van der Waals surface area contributed by atoms with Crippen LogP contribution in [0.5, 0.6) is 0 Å². The maximum absolute atomic E-state index is 14.3. The molecule has 0 aromatic rings. The van der Waals surface area contributed by atoms with Crippen LogP contribution < -0.4 is 0 Å². The van der Waals surface area contributed by atoms with E-state index in [-0.39, 0.29) is 23.7 Å². The molecule has 2 amide bonds. The maximum atomic E-state index is 14.3. The van der Waals surface area contributed by atoms with Gasteiger partial charge in [0.05, 0.1) is 12.5 Å². The molecule has 2 aliphatic heterocycles. The van der Waals surface area contributed by atoms with Crippen LogP contribution in [0.25, 0.3) is 0 Å². The molecule has 3 fully saturated rings. The number of ether oxygens (including phenoxy) is 1. The van der Waals surface area contributed by atoms with E-state index in [1.807, 2.05) is 4.90 Å². The van der Waals surface area contributed by atoms with Crippen molar-refractivity contribution in [2.75, 3.05) is 39.9 Å². The number of methoxy groups -OCH3 is 1. The van der Waals surface area contributed by atoms with Gasteiger partial charge in [0.15, 0.2) is 5.67 Å². The van der Waals surface area contributed by atoms with E-state index in [4.69, 9.17) is 4.74 Å². The molecule has 1 saturated carbocycles. The lowest BCUT2D eigenvalue weighted by Gasteiger charge is -2.35. The fourth-order valence-electron chi connectivity index (χ4n) is 3.68. The number of nitrogens with zero attached hydrogens (tertiary/aromatic N) is 2. The van der Waals surface area contributed by atoms with Gasteiger partial charge < -0.3 is 14.5 Å². The molecule has 1 aliphatic carbocycles. The van der Waals surface area contributed by atoms with Crippen molar-refractivity contribution in [1.82, 2.24) is 9.80 Å². The number of carbonyl (C=O) groups excluding carboxylic acids is 2. The van der Waals surface area contributed by atoms with Crippen LogP contribution in [0.1, 0.15) is 25.7 Å². The first kappa shape index (κ1) is 14.8. The summed E-state index contributed by atoms with van der Waals surface area (Å²) in [6, 6.07) is 0. The molecule has 118 valence electrons. The van der Waals surface area contributed by atoms with E-state index >= 15 is 0 Å². The summed E-state index contributed by atoms with van der Waals surface area (Å²) in [5.74, 6) is -0.244. The Morgan fingerprint density at radius 3 is 2.81 bits per heavy atom. The van der Waals surface area contributed by atoms with Crippen LogP contribution >= 0.6 is 0 Å². The van der Waals surface area contributed by atoms with Crippen LogP contribution in [0.4, 0.5) is 4.39 Å². The summed E-state index contributed by atoms with van der Waals surface area (Å²) in [5, 5.41) is 0. The van der Waals surface area contributed by atoms with E-state index in [9.17, 15) is 14.0 Å². The Balaban J connectivity index is 1.62. The first-order valence-corrected chi connectivity index (χ1v) is 7.81. The predicted molar refractivity (Wildman–Crippen MR) is 74.3 cm³/mol. The van der Waals surface area contributed by atoms with Crippen LogP contribution in [-0.2, 0) is 14.3 Å². The Hall–Kier alpha value is -1.17. The zero-order chi connectivity index (χ0) is 15.0. The number of likely N-dealkylation sites (tertiary alicyclic amines) is 2. The van der Waals surface area contributed by atoms with Crippen molar-refractivity contribution in [3.8, 4) is 0 Å². The number of alkyl halides is 1. The fraction of sp³-hybridized carbons (Fsp3) is 0.867. The van der Waals surface area contributed by atoms with Crippen LogP contribution in [0.2, 0.25) is 0 Å². The van der Waals surface area contributed by atoms with Crippen LogP contribution in [-0.4, -0.2) is 67.2 Å². The molecule has 2 heterocycles. The molecule has 3 aliphatic rings. The molecule has 0 unspecified atom stereocenters. The standard InChI is InChI=1S/C15H23FN2O3/c1-21-8-7-17-6-3-11-9-18(10-12(11)13(17)19)14(20)15(16)4-2-5-15/h11-12H,2-10H2,1H3/t11-,12+/m1/s1. The number of fused-ring (bicyclic) bond motifs is 1. The second kappa shape index (κ2) is 5.55. The molecule has 21 heavy (non-hydrogen) atoms. The SMILES string of the molecule is COCCN1CC[C@@H]2CN(C(=O)C3(F)CCC3)C[C@@H]2C1=O. The summed E-state index contributed by atoms with van der Waals surface area (Å²) >= 11 is 0. The maximum Gasteiger partial charge on any atom is 0.260 e. The molecule has 0 aromatic heterocycles. The van der Waals surface area contributed by atoms with Gasteiger partial charge in [-0.3, -0.25) is 9.59 Å². The van der Waals surface area contributed by atoms with E-state index < -0.39 is 5.67 Å². The van der Waals surface area contributed by atoms with Gasteiger partial charge in [-0.05, 0) is 31.6 Å². The summed E-state index contributed by atoms with van der Waals surface area (Å²) in [6.07, 6.45) is 2.35. The van der Waals surface area contributed by atoms with Crippen LogP contribution in [0, 0.1) is 11.8 Å². The van der Waals surface area contributed by atoms with Crippen molar-refractivity contribution in [1.29, 1.82) is 0 Å². The van der Waals surface area contributed by atoms with Crippen molar-refractivity contribution in [3.63, 3.8) is 0 Å². The molecule has 0 bridgehead atoms. The molecule has 0 radical (unpaired) electrons. The van der Waals surface area contributed by atoms with Gasteiger partial charge in [-0.2, -0.15) is 0 Å². The summed E-state index contributed by atoms with van der Waals surface area (Å²) in [4.78, 5) is 28.1. The summed E-state index contributed by atoms with van der Waals surface area (Å²) < 4.78 is 19.3. The highest BCUT2D eigenvalue weighted by Gasteiger charge is 2.51. The largest absolute Gasteiger partial charge is 0.383 e. The van der Waals surface area contributed by atoms with E-state index in [0.717, 1.165) is 12.8 Å². The predicted octanol–water partition coefficient (Wildman–Crippen LogP) is 0.832. The fourth-order valence-corrected chi connectivity index (χ4v) is 3.68. The second-order valence-electron chi connectivity index (χ2n) is 6.50. The second-order valence-corrected chi connectivity index (χ2v) is 6.50. The summed E-state index contributed by atoms with van der Waals surface area (Å²) in [6.45, 7) is 2.77. The van der Waals surface area contributed by atoms with Gasteiger partial charge in [-0.1, -0.05) is 0 Å². The van der Waals surface area contributed by atoms with E-state index in [2.05, 4.69) is 0 Å². The van der Waals surface area contributed by atoms with Gasteiger partial charge in [0.25, 0.3) is 5.91 Å². The topological polar surface area (TPSA) is 49.9 Å². The molecule has 0 aromatic carbocycles. The highest BCUT2D eigenvalue weighted by atomic mass is 19.1. The lowest BCUT2D eigenvalue weighted by molar-refractivity contribution is -0.149. The average molecular weight is 298 g/mol. The molecular formula is C15H23FN2O3. The van der Waals surface area contributed by atoms with Gasteiger partial charge in [0.2, 0.25) is 5.91 Å². The zero-order valence-electron chi connectivity index (χ0n) is 12.5. The lowest BCUT2D eigenvalue weighted by atomic mass is 9.81. The Morgan fingerprint density at radius 1 is 1.43 bits per heavy atom. The van der Waals surface area contributed by atoms with Crippen molar-refractivity contribution in [3.05, 3.63) is 0 Å². The highest BCUT2D eigenvalue weighted by Crippen LogP contribution is 2.40. The summed E-state index contributed by atoms with van der Waals surface area (Å²) in [7, 11) is 1.62. The number of rotatable bonds is 4. The monoisotopic (exact) mass is 298 g/mol. The molecule has 2 atom stereocenters. The summed E-state index contributed by atoms with van der Waals surface area (Å²) in [5.41, 5.74) is -1.65. The average Bonchev–Trinajstić information content (AvgIpc) is 2.88. The van der Waals surface area contributed by atoms with Gasteiger partial charge in [0.1, 0.15) is 0 Å². The molecule has 5 nitrogen and oxygen atoms in total. The Morgan fingerprint density at radius 2 is 2.19 bits per heavy atom. The van der Waals surface area contributed by atoms with Crippen molar-refractivity contribution in [2.45, 2.75) is 31.4 Å². The number of amides is 2. The third-order valence-corrected chi connectivity index (χ3v) is 5.22. The van der Waals surface area contributed by atoms with Crippen molar-refractivity contribution >= 4 is 11.8 Å². The smallest absolute Gasteiger partial charge is 0.260 e. The molecule has 2 saturated heterocycles. The lowest BCUT2D eigenvalue weighted by Crippen LogP contribution is -2.50. The molecule has 0 N–H and O–H groups in total. The minimum atomic E-state index is -1.65. The van der Waals surface area contributed by atoms with E-state index in [0.29, 0.717) is 45.6 Å². The third kappa shape index (κ3) is 2.54. The number of piperidine rings is 1. The van der Waals surface area contributed by atoms with Gasteiger partial charge in [-0.25, -0.2) is 4.39 Å². The Bertz CT molecular complexity index is 439. The van der Waals surface area contributed by atoms with Crippen molar-refractivity contribution < 1.29 is 18.7 Å². The Kier molecular flexibility index (Phi) is 3.90. The molecular weight excluding hydrogens is 275 g/mol. The van der Waals surface area contributed by atoms with E-state index in [1.165, 1.54) is 0 Å². The van der Waals surface area contributed by atoms with Crippen LogP contribution in [0.3, 0.4) is 0 Å². The van der Waals surface area contributed by atoms with Gasteiger partial charge in [0, 0.05) is 33.3 Å². The van der Waals surface area contributed by atoms with Crippen molar-refractivity contribution in [2.24, 2.45) is 11.8 Å². The molecule has 6 heteroatoms. The first-order valence-electron chi connectivity index (χ1n) is 7.81. The minimum Gasteiger partial charge on any atom is -0.383 e. The quantitative estimate of drug-likeness (QED) is 0.772. The molecule has 0 spiro atoms. The number of halogens is 1. The third-order valence-electron chi connectivity index (χ3n) is 5.22. The number of hydrogen-bond acceptors (Lipinski definition) is 3. The van der Waals surface area contributed by atoms with E-state index in [1.54, 1.807) is 12.0 Å². The Labute approximate surface area is 124 Å². The van der Waals surface area contributed by atoms with Gasteiger partial charge in [-0.15, -0.1) is 0 Å². The number of carbonyl (C=O) groups is 2. The normalized spacial score (nSPS) is 31.0. The van der Waals surface area contributed by atoms with Gasteiger partial charge >= 0.3 is 0 Å². The molecule has 3 rings (SSSR count). The highest BCUT2D eigenvalue weighted by molar-refractivity contribution is 5.88. The van der Waals surface area contributed by atoms with Crippen LogP contribution in [0.15, 0.2) is 0 Å². The zero-order valence-corrected chi connectivity index (χ0v) is 12.5. The first-order chi connectivity index (χ1) is 10.0. The minimum absolute atomic E-state index is 0.0973.